The zero-order chi connectivity index (χ0) is 12.3. The number of nitrogens with two attached hydrogens (primary N) is 1. The van der Waals surface area contributed by atoms with Crippen molar-refractivity contribution in [3.8, 4) is 0 Å². The lowest BCUT2D eigenvalue weighted by Gasteiger charge is -2.23. The van der Waals surface area contributed by atoms with E-state index in [9.17, 15) is 4.79 Å². The zero-order valence-electron chi connectivity index (χ0n) is 9.73. The van der Waals surface area contributed by atoms with Crippen LogP contribution in [-0.2, 0) is 11.2 Å². The van der Waals surface area contributed by atoms with E-state index in [2.05, 4.69) is 15.9 Å². The van der Waals surface area contributed by atoms with Crippen LogP contribution in [0.5, 0.6) is 0 Å². The quantitative estimate of drug-likeness (QED) is 0.927. The Morgan fingerprint density at radius 2 is 2.24 bits per heavy atom. The van der Waals surface area contributed by atoms with Gasteiger partial charge in [0.15, 0.2) is 0 Å². The summed E-state index contributed by atoms with van der Waals surface area (Å²) in [6, 6.07) is 8.10. The number of likely N-dealkylation sites (tertiary alicyclic amines) is 1. The Kier molecular flexibility index (Phi) is 4.18. The number of hydrogen-bond acceptors (Lipinski definition) is 2. The SMILES string of the molecule is NCC1CCCN1C(=O)Cc1ccccc1Br. The summed E-state index contributed by atoms with van der Waals surface area (Å²) in [4.78, 5) is 14.1. The lowest BCUT2D eigenvalue weighted by atomic mass is 10.1. The topological polar surface area (TPSA) is 46.3 Å². The van der Waals surface area contributed by atoms with Gasteiger partial charge in [-0.2, -0.15) is 0 Å². The molecule has 92 valence electrons. The number of rotatable bonds is 3. The fourth-order valence-corrected chi connectivity index (χ4v) is 2.74. The Bertz CT molecular complexity index is 408. The summed E-state index contributed by atoms with van der Waals surface area (Å²) in [5.41, 5.74) is 6.72. The molecule has 0 saturated carbocycles. The molecule has 3 nitrogen and oxygen atoms in total. The van der Waals surface area contributed by atoms with Crippen LogP contribution >= 0.6 is 15.9 Å². The van der Waals surface area contributed by atoms with Crippen LogP contribution in [0.3, 0.4) is 0 Å². The highest BCUT2D eigenvalue weighted by Gasteiger charge is 2.27. The fourth-order valence-electron chi connectivity index (χ4n) is 2.32. The van der Waals surface area contributed by atoms with Gasteiger partial charge in [-0.3, -0.25) is 4.79 Å². The van der Waals surface area contributed by atoms with Crippen LogP contribution in [0.15, 0.2) is 28.7 Å². The van der Waals surface area contributed by atoms with Crippen LogP contribution in [0.4, 0.5) is 0 Å². The average Bonchev–Trinajstić information content (AvgIpc) is 2.80. The third-order valence-corrected chi connectivity index (χ3v) is 4.04. The summed E-state index contributed by atoms with van der Waals surface area (Å²) in [6.45, 7) is 1.42. The highest BCUT2D eigenvalue weighted by molar-refractivity contribution is 9.10. The number of carbonyl (C=O) groups is 1. The molecule has 1 heterocycles. The van der Waals surface area contributed by atoms with Crippen LogP contribution in [0.2, 0.25) is 0 Å². The Morgan fingerprint density at radius 1 is 1.47 bits per heavy atom. The van der Waals surface area contributed by atoms with Gasteiger partial charge in [0.1, 0.15) is 0 Å². The molecular weight excluding hydrogens is 280 g/mol. The first-order valence-electron chi connectivity index (χ1n) is 5.95. The van der Waals surface area contributed by atoms with Crippen molar-refractivity contribution in [1.82, 2.24) is 4.90 Å². The molecular formula is C13H17BrN2O. The summed E-state index contributed by atoms with van der Waals surface area (Å²) in [6.07, 6.45) is 2.57. The average molecular weight is 297 g/mol. The number of amides is 1. The van der Waals surface area contributed by atoms with Crippen molar-refractivity contribution >= 4 is 21.8 Å². The molecule has 0 aliphatic carbocycles. The predicted molar refractivity (Wildman–Crippen MR) is 71.6 cm³/mol. The molecule has 4 heteroatoms. The first kappa shape index (κ1) is 12.6. The Hall–Kier alpha value is -0.870. The molecule has 2 rings (SSSR count). The molecule has 0 bridgehead atoms. The van der Waals surface area contributed by atoms with Crippen LogP contribution < -0.4 is 5.73 Å². The molecule has 0 aromatic heterocycles. The van der Waals surface area contributed by atoms with E-state index in [-0.39, 0.29) is 11.9 Å². The fraction of sp³-hybridized carbons (Fsp3) is 0.462. The maximum atomic E-state index is 12.2. The van der Waals surface area contributed by atoms with Gasteiger partial charge in [0, 0.05) is 23.6 Å². The maximum absolute atomic E-state index is 12.2. The van der Waals surface area contributed by atoms with Gasteiger partial charge >= 0.3 is 0 Å². The van der Waals surface area contributed by atoms with Gasteiger partial charge in [-0.1, -0.05) is 34.1 Å². The molecule has 1 fully saturated rings. The predicted octanol–water partition coefficient (Wildman–Crippen LogP) is 1.94. The minimum atomic E-state index is 0.185. The van der Waals surface area contributed by atoms with Crippen LogP contribution in [0.25, 0.3) is 0 Å². The molecule has 2 N–H and O–H groups in total. The van der Waals surface area contributed by atoms with E-state index < -0.39 is 0 Å². The summed E-state index contributed by atoms with van der Waals surface area (Å²) in [5.74, 6) is 0.185. The molecule has 1 aromatic carbocycles. The molecule has 0 spiro atoms. The standard InChI is InChI=1S/C13H17BrN2O/c14-12-6-2-1-4-10(12)8-13(17)16-7-3-5-11(16)9-15/h1-2,4,6,11H,3,5,7-9,15H2. The minimum Gasteiger partial charge on any atom is -0.338 e. The molecule has 1 aliphatic rings. The largest absolute Gasteiger partial charge is 0.338 e. The van der Waals surface area contributed by atoms with Crippen molar-refractivity contribution in [2.45, 2.75) is 25.3 Å². The molecule has 0 radical (unpaired) electrons. The first-order valence-corrected chi connectivity index (χ1v) is 6.74. The van der Waals surface area contributed by atoms with Crippen molar-refractivity contribution in [2.75, 3.05) is 13.1 Å². The van der Waals surface area contributed by atoms with Gasteiger partial charge in [0.25, 0.3) is 0 Å². The van der Waals surface area contributed by atoms with E-state index in [1.54, 1.807) is 0 Å². The van der Waals surface area contributed by atoms with Gasteiger partial charge in [0.05, 0.1) is 6.42 Å². The highest BCUT2D eigenvalue weighted by atomic mass is 79.9. The first-order chi connectivity index (χ1) is 8.22. The molecule has 1 aliphatic heterocycles. The lowest BCUT2D eigenvalue weighted by Crippen LogP contribution is -2.40. The highest BCUT2D eigenvalue weighted by Crippen LogP contribution is 2.21. The molecule has 1 saturated heterocycles. The van der Waals surface area contributed by atoms with Crippen molar-refractivity contribution in [1.29, 1.82) is 0 Å². The van der Waals surface area contributed by atoms with Crippen molar-refractivity contribution in [3.63, 3.8) is 0 Å². The summed E-state index contributed by atoms with van der Waals surface area (Å²) in [7, 11) is 0. The van der Waals surface area contributed by atoms with Gasteiger partial charge in [0.2, 0.25) is 5.91 Å². The van der Waals surface area contributed by atoms with Gasteiger partial charge in [-0.05, 0) is 24.5 Å². The Labute approximate surface area is 110 Å². The smallest absolute Gasteiger partial charge is 0.227 e. The van der Waals surface area contributed by atoms with E-state index in [0.717, 1.165) is 29.4 Å². The maximum Gasteiger partial charge on any atom is 0.227 e. The number of halogens is 1. The Morgan fingerprint density at radius 3 is 2.94 bits per heavy atom. The normalized spacial score (nSPS) is 19.6. The van der Waals surface area contributed by atoms with E-state index in [4.69, 9.17) is 5.73 Å². The molecule has 1 atom stereocenters. The second-order valence-electron chi connectivity index (χ2n) is 4.39. The van der Waals surface area contributed by atoms with E-state index in [1.807, 2.05) is 29.2 Å². The number of hydrogen-bond donors (Lipinski definition) is 1. The van der Waals surface area contributed by atoms with Crippen LogP contribution in [0.1, 0.15) is 18.4 Å². The zero-order valence-corrected chi connectivity index (χ0v) is 11.3. The minimum absolute atomic E-state index is 0.185. The Balaban J connectivity index is 2.04. The number of carbonyl (C=O) groups excluding carboxylic acids is 1. The third kappa shape index (κ3) is 2.87. The lowest BCUT2D eigenvalue weighted by molar-refractivity contribution is -0.131. The molecule has 1 aromatic rings. The molecule has 1 amide bonds. The molecule has 17 heavy (non-hydrogen) atoms. The van der Waals surface area contributed by atoms with Gasteiger partial charge in [-0.15, -0.1) is 0 Å². The van der Waals surface area contributed by atoms with E-state index >= 15 is 0 Å². The van der Waals surface area contributed by atoms with Crippen molar-refractivity contribution in [2.24, 2.45) is 5.73 Å². The van der Waals surface area contributed by atoms with Crippen LogP contribution in [-0.4, -0.2) is 29.9 Å². The summed E-state index contributed by atoms with van der Waals surface area (Å²) in [5, 5.41) is 0. The van der Waals surface area contributed by atoms with Crippen molar-refractivity contribution in [3.05, 3.63) is 34.3 Å². The van der Waals surface area contributed by atoms with Crippen molar-refractivity contribution < 1.29 is 4.79 Å². The van der Waals surface area contributed by atoms with Crippen LogP contribution in [0, 0.1) is 0 Å². The second kappa shape index (κ2) is 5.65. The van der Waals surface area contributed by atoms with Gasteiger partial charge in [-0.25, -0.2) is 0 Å². The van der Waals surface area contributed by atoms with Gasteiger partial charge < -0.3 is 10.6 Å². The third-order valence-electron chi connectivity index (χ3n) is 3.27. The number of benzene rings is 1. The van der Waals surface area contributed by atoms with E-state index in [0.29, 0.717) is 13.0 Å². The molecule has 1 unspecified atom stereocenters. The number of nitrogens with zero attached hydrogens (tertiary/aromatic N) is 1. The summed E-state index contributed by atoms with van der Waals surface area (Å²) < 4.78 is 0.997. The monoisotopic (exact) mass is 296 g/mol. The second-order valence-corrected chi connectivity index (χ2v) is 5.24. The van der Waals surface area contributed by atoms with E-state index in [1.165, 1.54) is 0 Å². The summed E-state index contributed by atoms with van der Waals surface area (Å²) >= 11 is 3.47.